The molecular formula is C11H19N3O. The van der Waals surface area contributed by atoms with Crippen LogP contribution < -0.4 is 11.3 Å². The molecule has 1 atom stereocenters. The van der Waals surface area contributed by atoms with Gasteiger partial charge in [-0.2, -0.15) is 0 Å². The van der Waals surface area contributed by atoms with Gasteiger partial charge in [0, 0.05) is 6.20 Å². The number of nitrogens with zero attached hydrogens (tertiary/aromatic N) is 1. The largest absolute Gasteiger partial charge is 0.374 e. The number of anilines is 1. The molecule has 0 aliphatic carbocycles. The average molecular weight is 209 g/mol. The summed E-state index contributed by atoms with van der Waals surface area (Å²) in [5, 5.41) is 0. The lowest BCUT2D eigenvalue weighted by atomic mass is 10.2. The first-order valence-electron chi connectivity index (χ1n) is 5.29. The molecule has 0 radical (unpaired) electrons. The third-order valence-electron chi connectivity index (χ3n) is 2.20. The predicted molar refractivity (Wildman–Crippen MR) is 61.2 cm³/mol. The lowest BCUT2D eigenvalue weighted by molar-refractivity contribution is 0.0470. The summed E-state index contributed by atoms with van der Waals surface area (Å²) in [6, 6.07) is 3.80. The molecule has 15 heavy (non-hydrogen) atoms. The van der Waals surface area contributed by atoms with Crippen LogP contribution in [-0.4, -0.2) is 11.1 Å². The van der Waals surface area contributed by atoms with Crippen molar-refractivity contribution in [1.29, 1.82) is 0 Å². The zero-order valence-corrected chi connectivity index (χ0v) is 9.36. The molecule has 1 unspecified atom stereocenters. The van der Waals surface area contributed by atoms with Crippen molar-refractivity contribution in [3.63, 3.8) is 0 Å². The lowest BCUT2D eigenvalue weighted by Crippen LogP contribution is -2.09. The first-order valence-corrected chi connectivity index (χ1v) is 5.29. The van der Waals surface area contributed by atoms with Crippen LogP contribution in [-0.2, 0) is 11.3 Å². The first-order chi connectivity index (χ1) is 7.26. The van der Waals surface area contributed by atoms with E-state index >= 15 is 0 Å². The summed E-state index contributed by atoms with van der Waals surface area (Å²) in [6.07, 6.45) is 4.32. The maximum Gasteiger partial charge on any atom is 0.139 e. The summed E-state index contributed by atoms with van der Waals surface area (Å²) >= 11 is 0. The van der Waals surface area contributed by atoms with Gasteiger partial charge >= 0.3 is 0 Å². The number of hydrazine groups is 1. The Bertz CT molecular complexity index is 274. The number of nitrogens with two attached hydrogens (primary N) is 1. The van der Waals surface area contributed by atoms with E-state index in [0.29, 0.717) is 18.5 Å². The highest BCUT2D eigenvalue weighted by Gasteiger charge is 2.01. The molecular weight excluding hydrogens is 190 g/mol. The Morgan fingerprint density at radius 1 is 1.53 bits per heavy atom. The zero-order chi connectivity index (χ0) is 11.1. The summed E-state index contributed by atoms with van der Waals surface area (Å²) in [5.74, 6) is 5.88. The van der Waals surface area contributed by atoms with Crippen molar-refractivity contribution < 1.29 is 4.74 Å². The molecule has 1 aromatic rings. The van der Waals surface area contributed by atoms with Gasteiger partial charge in [-0.15, -0.1) is 0 Å². The maximum absolute atomic E-state index is 5.65. The Morgan fingerprint density at radius 2 is 2.33 bits per heavy atom. The van der Waals surface area contributed by atoms with Crippen molar-refractivity contribution in [3.05, 3.63) is 23.9 Å². The van der Waals surface area contributed by atoms with Crippen LogP contribution in [0.3, 0.4) is 0 Å². The third-order valence-corrected chi connectivity index (χ3v) is 2.20. The minimum Gasteiger partial charge on any atom is -0.374 e. The Balaban J connectivity index is 2.37. The number of rotatable bonds is 6. The van der Waals surface area contributed by atoms with Crippen molar-refractivity contribution >= 4 is 5.82 Å². The fourth-order valence-electron chi connectivity index (χ4n) is 1.32. The van der Waals surface area contributed by atoms with Crippen LogP contribution in [0.25, 0.3) is 0 Å². The van der Waals surface area contributed by atoms with E-state index in [1.165, 1.54) is 0 Å². The molecule has 1 aromatic heterocycles. The molecule has 0 aliphatic rings. The number of hydrogen-bond donors (Lipinski definition) is 2. The van der Waals surface area contributed by atoms with Gasteiger partial charge in [0.1, 0.15) is 5.82 Å². The molecule has 4 nitrogen and oxygen atoms in total. The highest BCUT2D eigenvalue weighted by Crippen LogP contribution is 2.08. The van der Waals surface area contributed by atoms with Crippen LogP contribution in [0.5, 0.6) is 0 Å². The van der Waals surface area contributed by atoms with Crippen LogP contribution in [0.15, 0.2) is 18.3 Å². The smallest absolute Gasteiger partial charge is 0.139 e. The van der Waals surface area contributed by atoms with Crippen molar-refractivity contribution in [2.45, 2.75) is 39.4 Å². The molecule has 0 saturated heterocycles. The van der Waals surface area contributed by atoms with Crippen LogP contribution in [0.4, 0.5) is 5.82 Å². The van der Waals surface area contributed by atoms with Gasteiger partial charge in [0.2, 0.25) is 0 Å². The number of nitrogens with one attached hydrogen (secondary N) is 1. The standard InChI is InChI=1S/C11H19N3O/c1-3-4-9(2)15-8-10-5-6-11(14-12)13-7-10/h5-7,9H,3-4,8,12H2,1-2H3,(H,13,14). The molecule has 0 aromatic carbocycles. The number of hydrogen-bond acceptors (Lipinski definition) is 4. The highest BCUT2D eigenvalue weighted by molar-refractivity contribution is 5.33. The van der Waals surface area contributed by atoms with Gasteiger partial charge in [-0.05, 0) is 25.0 Å². The topological polar surface area (TPSA) is 60.2 Å². The van der Waals surface area contributed by atoms with E-state index in [0.717, 1.165) is 18.4 Å². The van der Waals surface area contributed by atoms with Crippen molar-refractivity contribution in [2.75, 3.05) is 5.43 Å². The van der Waals surface area contributed by atoms with E-state index in [-0.39, 0.29) is 0 Å². The van der Waals surface area contributed by atoms with E-state index in [1.807, 2.05) is 12.1 Å². The second-order valence-electron chi connectivity index (χ2n) is 3.61. The Hall–Kier alpha value is -1.13. The second-order valence-corrected chi connectivity index (χ2v) is 3.61. The van der Waals surface area contributed by atoms with E-state index in [9.17, 15) is 0 Å². The third kappa shape index (κ3) is 4.27. The summed E-state index contributed by atoms with van der Waals surface area (Å²) in [7, 11) is 0. The normalized spacial score (nSPS) is 12.5. The Kier molecular flexibility index (Phi) is 5.07. The molecule has 0 bridgehead atoms. The van der Waals surface area contributed by atoms with Crippen LogP contribution in [0.2, 0.25) is 0 Å². The monoisotopic (exact) mass is 209 g/mol. The van der Waals surface area contributed by atoms with Gasteiger partial charge < -0.3 is 10.2 Å². The second kappa shape index (κ2) is 6.37. The fourth-order valence-corrected chi connectivity index (χ4v) is 1.32. The van der Waals surface area contributed by atoms with E-state index in [2.05, 4.69) is 24.3 Å². The Labute approximate surface area is 90.8 Å². The van der Waals surface area contributed by atoms with Crippen molar-refractivity contribution in [3.8, 4) is 0 Å². The minimum absolute atomic E-state index is 0.308. The van der Waals surface area contributed by atoms with Crippen molar-refractivity contribution in [1.82, 2.24) is 4.98 Å². The van der Waals surface area contributed by atoms with Crippen molar-refractivity contribution in [2.24, 2.45) is 5.84 Å². The molecule has 1 heterocycles. The zero-order valence-electron chi connectivity index (χ0n) is 9.36. The first kappa shape index (κ1) is 11.9. The molecule has 0 amide bonds. The maximum atomic E-state index is 5.65. The van der Waals surface area contributed by atoms with Gasteiger partial charge in [0.25, 0.3) is 0 Å². The van der Waals surface area contributed by atoms with Gasteiger partial charge in [-0.25, -0.2) is 10.8 Å². The molecule has 1 rings (SSSR count). The Morgan fingerprint density at radius 3 is 2.87 bits per heavy atom. The van der Waals surface area contributed by atoms with Crippen LogP contribution >= 0.6 is 0 Å². The lowest BCUT2D eigenvalue weighted by Gasteiger charge is -2.11. The molecule has 0 aliphatic heterocycles. The molecule has 0 fully saturated rings. The summed E-state index contributed by atoms with van der Waals surface area (Å²) in [5.41, 5.74) is 3.55. The van der Waals surface area contributed by atoms with E-state index in [4.69, 9.17) is 10.6 Å². The number of aromatic nitrogens is 1. The van der Waals surface area contributed by atoms with E-state index in [1.54, 1.807) is 6.20 Å². The number of nitrogen functional groups attached to an aromatic ring is 1. The molecule has 4 heteroatoms. The summed E-state index contributed by atoms with van der Waals surface area (Å²) in [4.78, 5) is 4.10. The quantitative estimate of drug-likeness (QED) is 0.556. The van der Waals surface area contributed by atoms with Gasteiger partial charge in [-0.3, -0.25) is 0 Å². The minimum atomic E-state index is 0.308. The van der Waals surface area contributed by atoms with Gasteiger partial charge in [0.05, 0.1) is 12.7 Å². The molecule has 3 N–H and O–H groups in total. The van der Waals surface area contributed by atoms with Crippen LogP contribution in [0, 0.1) is 0 Å². The summed E-state index contributed by atoms with van der Waals surface area (Å²) < 4.78 is 5.65. The van der Waals surface area contributed by atoms with E-state index < -0.39 is 0 Å². The SMILES string of the molecule is CCCC(C)OCc1ccc(NN)nc1. The molecule has 0 spiro atoms. The van der Waals surface area contributed by atoms with Gasteiger partial charge in [-0.1, -0.05) is 19.4 Å². The molecule has 84 valence electrons. The highest BCUT2D eigenvalue weighted by atomic mass is 16.5. The van der Waals surface area contributed by atoms with Crippen LogP contribution in [0.1, 0.15) is 32.3 Å². The average Bonchev–Trinajstić information content (AvgIpc) is 2.27. The number of ether oxygens (including phenoxy) is 1. The number of pyridine rings is 1. The molecule has 0 saturated carbocycles. The van der Waals surface area contributed by atoms with Gasteiger partial charge in [0.15, 0.2) is 0 Å². The predicted octanol–water partition coefficient (Wildman–Crippen LogP) is 2.07. The summed E-state index contributed by atoms with van der Waals surface area (Å²) in [6.45, 7) is 4.86. The fraction of sp³-hybridized carbons (Fsp3) is 0.545.